The molecule has 0 saturated carbocycles. The Morgan fingerprint density at radius 3 is 2.10 bits per heavy atom. The summed E-state index contributed by atoms with van der Waals surface area (Å²) in [5, 5.41) is 0. The molecule has 0 saturated heterocycles. The Kier molecular flexibility index (Phi) is 6.69. The van der Waals surface area contributed by atoms with Crippen LogP contribution in [0.1, 0.15) is 18.1 Å². The minimum absolute atomic E-state index is 0.469. The van der Waals surface area contributed by atoms with Gasteiger partial charge < -0.3 is 14.2 Å². The van der Waals surface area contributed by atoms with Gasteiger partial charge in [0, 0.05) is 5.57 Å². The number of aryl methyl sites for hydroxylation is 2. The molecule has 0 aliphatic rings. The molecule has 0 aliphatic heterocycles. The van der Waals surface area contributed by atoms with Gasteiger partial charge >= 0.3 is 0 Å². The van der Waals surface area contributed by atoms with Crippen molar-refractivity contribution in [1.82, 2.24) is 0 Å². The van der Waals surface area contributed by atoms with Crippen molar-refractivity contribution in [1.29, 1.82) is 0 Å². The van der Waals surface area contributed by atoms with Crippen molar-refractivity contribution < 1.29 is 14.2 Å². The summed E-state index contributed by atoms with van der Waals surface area (Å²) in [6.45, 7) is 5.99. The van der Waals surface area contributed by atoms with E-state index in [0.29, 0.717) is 17.4 Å². The Morgan fingerprint density at radius 1 is 0.828 bits per heavy atom. The summed E-state index contributed by atoms with van der Waals surface area (Å²) >= 11 is 0. The van der Waals surface area contributed by atoms with E-state index in [2.05, 4.69) is 11.1 Å². The molecule has 3 aromatic rings. The third-order valence-electron chi connectivity index (χ3n) is 4.17. The van der Waals surface area contributed by atoms with Crippen molar-refractivity contribution in [2.24, 2.45) is 4.99 Å². The van der Waals surface area contributed by atoms with Gasteiger partial charge in [0.15, 0.2) is 11.5 Å². The average molecular weight is 387 g/mol. The second kappa shape index (κ2) is 9.60. The Morgan fingerprint density at radius 2 is 1.45 bits per heavy atom. The Balaban J connectivity index is 1.92. The third kappa shape index (κ3) is 5.72. The van der Waals surface area contributed by atoms with Crippen molar-refractivity contribution in [3.8, 4) is 17.2 Å². The van der Waals surface area contributed by atoms with E-state index < -0.39 is 0 Å². The van der Waals surface area contributed by atoms with E-state index in [9.17, 15) is 0 Å². The Bertz CT molecular complexity index is 1000. The van der Waals surface area contributed by atoms with Crippen LogP contribution in [0.5, 0.6) is 17.2 Å². The van der Waals surface area contributed by atoms with Crippen molar-refractivity contribution in [2.45, 2.75) is 20.8 Å². The maximum atomic E-state index is 6.16. The van der Waals surface area contributed by atoms with Gasteiger partial charge in [-0.05, 0) is 68.3 Å². The number of nitrogens with zero attached hydrogens (tertiary/aromatic N) is 1. The van der Waals surface area contributed by atoms with Crippen LogP contribution >= 0.6 is 0 Å². The summed E-state index contributed by atoms with van der Waals surface area (Å²) < 4.78 is 17.3. The van der Waals surface area contributed by atoms with Gasteiger partial charge in [-0.2, -0.15) is 0 Å². The molecule has 0 atom stereocenters. The molecule has 0 aromatic heterocycles. The summed E-state index contributed by atoms with van der Waals surface area (Å²) in [6.07, 6.45) is 1.63. The van der Waals surface area contributed by atoms with E-state index in [0.717, 1.165) is 28.1 Å². The molecular weight excluding hydrogens is 362 g/mol. The zero-order chi connectivity index (χ0) is 20.6. The first kappa shape index (κ1) is 20.2. The number of aliphatic imine (C=N–C) groups is 1. The number of methoxy groups -OCH3 is 1. The maximum absolute atomic E-state index is 6.16. The van der Waals surface area contributed by atoms with E-state index >= 15 is 0 Å². The normalized spacial score (nSPS) is 11.9. The van der Waals surface area contributed by atoms with Crippen LogP contribution in [0.25, 0.3) is 0 Å². The molecule has 3 aromatic carbocycles. The molecule has 0 fully saturated rings. The van der Waals surface area contributed by atoms with E-state index in [1.54, 1.807) is 13.4 Å². The fraction of sp³-hybridized carbons (Fsp3) is 0.160. The molecule has 0 bridgehead atoms. The monoisotopic (exact) mass is 387 g/mol. The molecule has 0 spiro atoms. The average Bonchev–Trinajstić information content (AvgIpc) is 2.71. The predicted molar refractivity (Wildman–Crippen MR) is 117 cm³/mol. The van der Waals surface area contributed by atoms with E-state index in [4.69, 9.17) is 14.2 Å². The first-order valence-electron chi connectivity index (χ1n) is 9.42. The summed E-state index contributed by atoms with van der Waals surface area (Å²) in [6, 6.07) is 23.3. The lowest BCUT2D eigenvalue weighted by Crippen LogP contribution is -2.11. The van der Waals surface area contributed by atoms with Crippen molar-refractivity contribution in [3.63, 3.8) is 0 Å². The Hall–Kier alpha value is -3.53. The topological polar surface area (TPSA) is 40.0 Å². The zero-order valence-electron chi connectivity index (χ0n) is 17.2. The van der Waals surface area contributed by atoms with E-state index in [1.807, 2.05) is 87.5 Å². The minimum Gasteiger partial charge on any atom is -0.493 e. The molecule has 3 rings (SSSR count). The molecule has 148 valence electrons. The van der Waals surface area contributed by atoms with Crippen LogP contribution in [0.15, 0.2) is 89.6 Å². The standard InChI is InChI=1S/C25H25NO3/c1-18-14-19(2)16-22(15-18)29-25(26-21-10-6-5-7-11-21)20(3)17-28-24-13-9-8-12-23(24)27-4/h5-17H,1-4H3/b20-17?,26-25+. The molecule has 0 aliphatic carbocycles. The third-order valence-corrected chi connectivity index (χ3v) is 4.17. The second-order valence-electron chi connectivity index (χ2n) is 6.75. The fourth-order valence-electron chi connectivity index (χ4n) is 2.83. The highest BCUT2D eigenvalue weighted by Crippen LogP contribution is 2.27. The van der Waals surface area contributed by atoms with Crippen LogP contribution in [0.2, 0.25) is 0 Å². The van der Waals surface area contributed by atoms with Crippen LogP contribution < -0.4 is 14.2 Å². The van der Waals surface area contributed by atoms with Crippen LogP contribution in [0, 0.1) is 13.8 Å². The number of hydrogen-bond acceptors (Lipinski definition) is 4. The second-order valence-corrected chi connectivity index (χ2v) is 6.75. The molecular formula is C25H25NO3. The molecule has 0 unspecified atom stereocenters. The number of para-hydroxylation sites is 3. The van der Waals surface area contributed by atoms with Crippen LogP contribution in [0.3, 0.4) is 0 Å². The summed E-state index contributed by atoms with van der Waals surface area (Å²) in [4.78, 5) is 4.68. The first-order valence-corrected chi connectivity index (χ1v) is 9.42. The van der Waals surface area contributed by atoms with Crippen molar-refractivity contribution in [3.05, 3.63) is 95.8 Å². The van der Waals surface area contributed by atoms with E-state index in [1.165, 1.54) is 0 Å². The van der Waals surface area contributed by atoms with Crippen LogP contribution in [0.4, 0.5) is 5.69 Å². The first-order chi connectivity index (χ1) is 14.0. The lowest BCUT2D eigenvalue weighted by molar-refractivity contribution is 0.377. The van der Waals surface area contributed by atoms with Gasteiger partial charge in [-0.3, -0.25) is 0 Å². The van der Waals surface area contributed by atoms with Crippen molar-refractivity contribution in [2.75, 3.05) is 7.11 Å². The lowest BCUT2D eigenvalue weighted by atomic mass is 10.1. The summed E-state index contributed by atoms with van der Waals surface area (Å²) in [7, 11) is 1.62. The summed E-state index contributed by atoms with van der Waals surface area (Å²) in [5.74, 6) is 2.49. The predicted octanol–water partition coefficient (Wildman–Crippen LogP) is 6.40. The molecule has 0 heterocycles. The van der Waals surface area contributed by atoms with E-state index in [-0.39, 0.29) is 0 Å². The number of ether oxygens (including phenoxy) is 3. The largest absolute Gasteiger partial charge is 0.493 e. The SMILES string of the molecule is COc1ccccc1OC=C(C)/C(=N\c1ccccc1)Oc1cc(C)cc(C)c1. The number of benzene rings is 3. The smallest absolute Gasteiger partial charge is 0.225 e. The lowest BCUT2D eigenvalue weighted by Gasteiger charge is -2.12. The van der Waals surface area contributed by atoms with Gasteiger partial charge in [-0.15, -0.1) is 0 Å². The van der Waals surface area contributed by atoms with Gasteiger partial charge in [-0.1, -0.05) is 36.4 Å². The maximum Gasteiger partial charge on any atom is 0.225 e. The van der Waals surface area contributed by atoms with Crippen molar-refractivity contribution >= 4 is 11.6 Å². The molecule has 4 heteroatoms. The van der Waals surface area contributed by atoms with Crippen LogP contribution in [-0.4, -0.2) is 13.0 Å². The molecule has 0 radical (unpaired) electrons. The molecule has 0 amide bonds. The molecule has 4 nitrogen and oxygen atoms in total. The highest BCUT2D eigenvalue weighted by Gasteiger charge is 2.10. The fourth-order valence-corrected chi connectivity index (χ4v) is 2.83. The minimum atomic E-state index is 0.469. The van der Waals surface area contributed by atoms with Gasteiger partial charge in [0.25, 0.3) is 0 Å². The molecule has 0 N–H and O–H groups in total. The summed E-state index contributed by atoms with van der Waals surface area (Å²) in [5.41, 5.74) is 3.81. The number of hydrogen-bond donors (Lipinski definition) is 0. The van der Waals surface area contributed by atoms with Crippen LogP contribution in [-0.2, 0) is 0 Å². The highest BCUT2D eigenvalue weighted by atomic mass is 16.5. The molecule has 29 heavy (non-hydrogen) atoms. The zero-order valence-corrected chi connectivity index (χ0v) is 17.2. The quantitative estimate of drug-likeness (QED) is 0.279. The van der Waals surface area contributed by atoms with Gasteiger partial charge in [0.05, 0.1) is 19.1 Å². The van der Waals surface area contributed by atoms with Gasteiger partial charge in [-0.25, -0.2) is 4.99 Å². The highest BCUT2D eigenvalue weighted by molar-refractivity contribution is 5.96. The van der Waals surface area contributed by atoms with Gasteiger partial charge in [0.2, 0.25) is 5.90 Å². The van der Waals surface area contributed by atoms with Gasteiger partial charge in [0.1, 0.15) is 5.75 Å². The number of rotatable bonds is 6. The Labute approximate surface area is 172 Å².